The Morgan fingerprint density at radius 2 is 0.919 bits per heavy atom. The number of carbonyl (C=O) groups excluding carboxylic acids is 2. The number of aryl methyl sites for hydroxylation is 6. The van der Waals surface area contributed by atoms with E-state index in [0.29, 0.717) is 89.4 Å². The van der Waals surface area contributed by atoms with Crippen LogP contribution in [0.25, 0.3) is 5.32 Å². The molecule has 18 rings (SSSR count). The first kappa shape index (κ1) is 97.3. The third-order valence-electron chi connectivity index (χ3n) is 34.7. The van der Waals surface area contributed by atoms with Gasteiger partial charge in [-0.15, -0.1) is 6.54 Å². The molecule has 21 heteroatoms. The smallest absolute Gasteiger partial charge is 0.0496 e. The Balaban J connectivity index is 0.000000138. The maximum Gasteiger partial charge on any atom is 0.0496 e. The number of fused-ring (bicyclic) bond motifs is 20. The number of alkyl halides is 2. The molecule has 12 unspecified atom stereocenters. The minimum absolute atomic E-state index is 0.0294. The first-order valence-electron chi connectivity index (χ1n) is 46.9. The molecule has 2 heterocycles. The number of nitrogens with one attached hydrogen (secondary N) is 1. The molecule has 0 radical (unpaired) electrons. The summed E-state index contributed by atoms with van der Waals surface area (Å²) in [7, 11) is 11.2. The van der Waals surface area contributed by atoms with Crippen molar-refractivity contribution in [2.45, 2.75) is 277 Å². The molecule has 124 heavy (non-hydrogen) atoms. The average Bonchev–Trinajstić information content (AvgIpc) is 1.57. The number of hydrogen-bond acceptors (Lipinski definition) is 15. The number of esters is 1. The number of methoxy groups -OCH3 is 1. The quantitative estimate of drug-likeness (QED) is 0.0140. The minimum Gasteiger partial charge on any atom is -0.159 e. The summed E-state index contributed by atoms with van der Waals surface area (Å²) < 4.78 is 5.19. The molecule has 8 fully saturated rings. The Bertz CT molecular complexity index is 4500. The molecule has 0 bridgehead atoms. The zero-order chi connectivity index (χ0) is 88.6. The number of aromatic nitrogens is 3. The van der Waals surface area contributed by atoms with Gasteiger partial charge in [-0.1, -0.05) is 139 Å². The standard InChI is InChI=1S/C28H38N2O3.C24H31BrO3.C24H36NO3.C23H33BrO2.C4H4N2.2ClH.Pt/c1-27-12-10-23-22-9-7-21(32)15-19(22)6-8-24(23)25(27)16-28(18-31,26(27)33)11-4-13-29-17-20-5-2-3-14-30-20;1-15-5-7-17-16(13-15)6-8-19-18(17)9-11-23(2)20(19)14-24(21(23)26,10-4-12-25)22(27)28-3;1-3-25-12-4-10-24(15-26)14-21-20-7-5-16-13-17(27)6-8-18(16)19(20)9-11-23(21,2)22(24)28;1-15-4-6-17-16(12-15)5-7-19-18(17)8-10-22(2)20(19)13-23(14-25,21(22)26)9-3-11-24;1-2-4-6-5-3-1;;;/h2-3,5,7,9,14-15,23-26,29,31-33H,4,6,8,10-13,16-18H2,1H3;5,7,13,18-20H,4,6,8-12,14H2,1-3H3;6,8,13,19-22,26-28H,3-5,7,9-12,14-15H2,1-2H3;4,6,12,18-21,25-26H,3,5,7-11,13-14H2,1-2H3;1-4H;2*1H;/q;;-1;;;;;+2/p-2/t23?,24?,25?,26-,27+,28-;18?,19?,20?,23-,24-;19?,20?,21?,22-,23+,24-;18?,19?,20?,21-,22+,23-;;;;/m1011..../s1. The second kappa shape index (κ2) is 42.1. The fourth-order valence-electron chi connectivity index (χ4n) is 28.6. The van der Waals surface area contributed by atoms with E-state index < -0.39 is 39.5 Å². The number of hydrogen-bond donors (Lipinski definition) is 9. The normalized spacial score (nSPS) is 35.7. The predicted octanol–water partition coefficient (Wildman–Crippen LogP) is 20.7. The maximum atomic E-state index is 13.7. The van der Waals surface area contributed by atoms with Crippen LogP contribution in [0.15, 0.2) is 122 Å². The van der Waals surface area contributed by atoms with Crippen molar-refractivity contribution in [3.05, 3.63) is 188 Å². The Morgan fingerprint density at radius 3 is 1.31 bits per heavy atom. The van der Waals surface area contributed by atoms with Gasteiger partial charge in [-0.2, -0.15) is 16.7 Å². The van der Waals surface area contributed by atoms with Crippen molar-refractivity contribution in [3.8, 4) is 11.5 Å². The molecule has 2 aromatic heterocycles. The first-order chi connectivity index (χ1) is 59.6. The summed E-state index contributed by atoms with van der Waals surface area (Å²) in [5, 5.41) is 102. The Kier molecular flexibility index (Phi) is 33.0. The van der Waals surface area contributed by atoms with Crippen LogP contribution in [-0.4, -0.2) is 143 Å². The number of aromatic hydroxyl groups is 2. The summed E-state index contributed by atoms with van der Waals surface area (Å²) >= 11 is 6.54. The van der Waals surface area contributed by atoms with Crippen LogP contribution in [0.3, 0.4) is 0 Å². The van der Waals surface area contributed by atoms with Crippen molar-refractivity contribution >= 4 is 62.4 Å². The van der Waals surface area contributed by atoms with Crippen molar-refractivity contribution in [2.75, 3.05) is 57.2 Å². The predicted molar refractivity (Wildman–Crippen MR) is 498 cm³/mol. The van der Waals surface area contributed by atoms with Crippen LogP contribution in [0.5, 0.6) is 11.5 Å². The van der Waals surface area contributed by atoms with Gasteiger partial charge in [0, 0.05) is 57.5 Å². The average molecular weight is 2050 g/mol. The fraction of sp³-hybridized carbons (Fsp3) is 0.660. The fourth-order valence-corrected chi connectivity index (χ4v) is 29.2. The number of phenolic OH excluding ortho intramolecular Hbond substituents is 2. The van der Waals surface area contributed by atoms with E-state index in [1.807, 2.05) is 60.8 Å². The topological polar surface area (TPSA) is 270 Å². The van der Waals surface area contributed by atoms with E-state index in [1.165, 1.54) is 70.9 Å². The van der Waals surface area contributed by atoms with Crippen molar-refractivity contribution in [2.24, 2.45) is 90.7 Å². The zero-order valence-electron chi connectivity index (χ0n) is 74.8. The molecular formula is C103H142Br2Cl2N5O11Pt-. The number of ketones is 1. The summed E-state index contributed by atoms with van der Waals surface area (Å²) in [6.45, 7) is 19.0. The van der Waals surface area contributed by atoms with Gasteiger partial charge in [0.1, 0.15) is 16.9 Å². The largest absolute Gasteiger partial charge is 0.159 e. The molecule has 0 amide bonds. The van der Waals surface area contributed by atoms with Gasteiger partial charge in [-0.25, -0.2) is 0 Å². The second-order valence-electron chi connectivity index (χ2n) is 40.9. The van der Waals surface area contributed by atoms with E-state index >= 15 is 0 Å². The molecule has 12 aliphatic carbocycles. The number of pyridine rings is 1. The van der Waals surface area contributed by atoms with E-state index in [1.54, 1.807) is 23.5 Å². The number of phenols is 2. The van der Waals surface area contributed by atoms with Crippen LogP contribution < -0.4 is 5.32 Å². The van der Waals surface area contributed by atoms with Gasteiger partial charge >= 0.3 is 41.3 Å². The van der Waals surface area contributed by atoms with Crippen molar-refractivity contribution in [3.63, 3.8) is 0 Å². The van der Waals surface area contributed by atoms with E-state index in [-0.39, 0.29) is 76.1 Å². The summed E-state index contributed by atoms with van der Waals surface area (Å²) in [6.07, 6.45) is 31.6. The van der Waals surface area contributed by atoms with Crippen molar-refractivity contribution in [1.29, 1.82) is 0 Å². The second-order valence-corrected chi connectivity index (χ2v) is 45.8. The molecule has 0 aliphatic heterocycles. The van der Waals surface area contributed by atoms with Gasteiger partial charge in [-0.05, 0) is 374 Å². The summed E-state index contributed by atoms with van der Waals surface area (Å²) in [4.78, 5) is 31.0. The number of nitrogens with zero attached hydrogens (tertiary/aromatic N) is 4. The SMILES string of the molecule is CC[N-]CCC[C@]1(CO)CC2C3CCc4cc(O)ccc4C3CC[C@]2(C)[C@H]1O.COC(=O)[C@@]1(CCCBr)CC2C3CCc4cc(C)ccc4C3CC[C@]2(C)C1=O.C[C@]12CCC3c4ccc(O)cc4CCC3C1C[C@@](CO)(CCCNCc1ccccn1)[C@@H]2O.Cc1ccc2c(c1)CCC1C2CC[C@@]2(C)C1C[C@@](CO)(CCCBr)[C@@H]2O.[Cl][Pt][Cl].c1ccnnc1. The van der Waals surface area contributed by atoms with Gasteiger partial charge < -0.3 is 56.2 Å². The monoisotopic (exact) mass is 2050 g/mol. The van der Waals surface area contributed by atoms with Crippen LogP contribution >= 0.6 is 50.7 Å². The number of Topliss-reactive ketones (excluding diaryl/α,β-unsaturated/α-hetero) is 1. The third-order valence-corrected chi connectivity index (χ3v) is 35.8. The van der Waals surface area contributed by atoms with Crippen LogP contribution in [-0.2, 0) is 63.0 Å². The molecule has 0 spiro atoms. The molecule has 9 N–H and O–H groups in total. The Morgan fingerprint density at radius 1 is 0.524 bits per heavy atom. The number of benzene rings is 4. The number of carbonyl (C=O) groups is 2. The van der Waals surface area contributed by atoms with Crippen molar-refractivity contribution < 1.29 is 71.7 Å². The Labute approximate surface area is 773 Å². The van der Waals surface area contributed by atoms with Crippen LogP contribution in [0, 0.1) is 105 Å². The van der Waals surface area contributed by atoms with Gasteiger partial charge in [0.2, 0.25) is 0 Å². The molecule has 16 nitrogen and oxygen atoms in total. The Hall–Kier alpha value is -4.24. The number of ether oxygens (including phenoxy) is 1. The first-order valence-corrected chi connectivity index (χ1v) is 54.8. The summed E-state index contributed by atoms with van der Waals surface area (Å²) in [5.74, 6) is 6.77. The van der Waals surface area contributed by atoms with Gasteiger partial charge in [-0.3, -0.25) is 14.6 Å². The number of rotatable bonds is 21. The van der Waals surface area contributed by atoms with Gasteiger partial charge in [0.05, 0.1) is 50.9 Å². The van der Waals surface area contributed by atoms with E-state index in [4.69, 9.17) is 23.6 Å². The number of aliphatic hydroxyl groups excluding tert-OH is 6. The minimum atomic E-state index is -0.940. The van der Waals surface area contributed by atoms with Gasteiger partial charge in [0.15, 0.2) is 5.78 Å². The van der Waals surface area contributed by atoms with E-state index in [2.05, 4.69) is 155 Å². The van der Waals surface area contributed by atoms with E-state index in [0.717, 1.165) is 190 Å². The number of halogens is 4. The zero-order valence-corrected chi connectivity index (χ0v) is 81.7. The number of aliphatic hydroxyl groups is 6. The summed E-state index contributed by atoms with van der Waals surface area (Å²) in [5.41, 5.74) is 12.6. The van der Waals surface area contributed by atoms with Crippen LogP contribution in [0.1, 0.15) is 274 Å². The molecule has 0 saturated heterocycles. The van der Waals surface area contributed by atoms with Crippen LogP contribution in [0.4, 0.5) is 0 Å². The maximum absolute atomic E-state index is 13.7. The molecule has 12 aliphatic rings. The molecule has 6 aromatic rings. The molecule has 23 atom stereocenters. The molecule has 8 saturated carbocycles. The molecular weight excluding hydrogens is 1910 g/mol. The van der Waals surface area contributed by atoms with Crippen LogP contribution in [0.2, 0.25) is 0 Å². The van der Waals surface area contributed by atoms with Crippen molar-refractivity contribution in [1.82, 2.24) is 20.5 Å². The molecule has 684 valence electrons. The van der Waals surface area contributed by atoms with E-state index in [9.17, 15) is 50.4 Å². The van der Waals surface area contributed by atoms with Gasteiger partial charge in [0.25, 0.3) is 0 Å². The molecule has 4 aromatic carbocycles. The summed E-state index contributed by atoms with van der Waals surface area (Å²) in [6, 6.07) is 35.3. The third kappa shape index (κ3) is 19.3.